The predicted octanol–water partition coefficient (Wildman–Crippen LogP) is 0.270. The third kappa shape index (κ3) is 2.27. The van der Waals surface area contributed by atoms with Gasteiger partial charge < -0.3 is 5.32 Å². The quantitative estimate of drug-likeness (QED) is 0.730. The molecule has 0 bridgehead atoms. The second kappa shape index (κ2) is 4.48. The molecule has 1 atom stereocenters. The molecular weight excluding hydrogens is 176 g/mol. The zero-order chi connectivity index (χ0) is 9.80. The van der Waals surface area contributed by atoms with Crippen LogP contribution in [0.1, 0.15) is 12.6 Å². The van der Waals surface area contributed by atoms with Gasteiger partial charge in [0.05, 0.1) is 5.69 Å². The molecule has 0 saturated carbocycles. The molecule has 1 saturated heterocycles. The summed E-state index contributed by atoms with van der Waals surface area (Å²) < 4.78 is 0. The Morgan fingerprint density at radius 2 is 2.50 bits per heavy atom. The van der Waals surface area contributed by atoms with E-state index >= 15 is 0 Å². The van der Waals surface area contributed by atoms with Gasteiger partial charge in [-0.25, -0.2) is 0 Å². The molecular formula is C10H16N4. The van der Waals surface area contributed by atoms with Gasteiger partial charge in [0.1, 0.15) is 0 Å². The smallest absolute Gasteiger partial charge is 0.0726 e. The van der Waals surface area contributed by atoms with Gasteiger partial charge in [-0.15, -0.1) is 0 Å². The van der Waals surface area contributed by atoms with E-state index in [1.165, 1.54) is 0 Å². The number of piperazine rings is 1. The number of aromatic nitrogens is 2. The molecule has 1 N–H and O–H groups in total. The van der Waals surface area contributed by atoms with Gasteiger partial charge in [0.2, 0.25) is 0 Å². The number of nitrogens with one attached hydrogen (secondary N) is 1. The van der Waals surface area contributed by atoms with Gasteiger partial charge in [-0.05, 0) is 6.92 Å². The molecule has 4 nitrogen and oxygen atoms in total. The maximum Gasteiger partial charge on any atom is 0.0726 e. The monoisotopic (exact) mass is 192 g/mol. The van der Waals surface area contributed by atoms with Gasteiger partial charge in [0.25, 0.3) is 0 Å². The van der Waals surface area contributed by atoms with Crippen LogP contribution >= 0.6 is 0 Å². The molecule has 0 aromatic carbocycles. The first-order valence-electron chi connectivity index (χ1n) is 5.06. The molecule has 76 valence electrons. The molecule has 2 heterocycles. The average molecular weight is 192 g/mol. The Morgan fingerprint density at radius 3 is 3.21 bits per heavy atom. The lowest BCUT2D eigenvalue weighted by Crippen LogP contribution is -2.49. The number of rotatable bonds is 2. The van der Waals surface area contributed by atoms with Crippen LogP contribution in [0.2, 0.25) is 0 Å². The lowest BCUT2D eigenvalue weighted by atomic mass is 10.2. The van der Waals surface area contributed by atoms with Crippen LogP contribution in [0.3, 0.4) is 0 Å². The van der Waals surface area contributed by atoms with E-state index in [1.54, 1.807) is 12.4 Å². The highest BCUT2D eigenvalue weighted by molar-refractivity contribution is 4.95. The highest BCUT2D eigenvalue weighted by atomic mass is 15.2. The summed E-state index contributed by atoms with van der Waals surface area (Å²) in [6.07, 6.45) is 5.31. The van der Waals surface area contributed by atoms with Gasteiger partial charge in [-0.3, -0.25) is 14.9 Å². The van der Waals surface area contributed by atoms with Crippen molar-refractivity contribution in [2.75, 3.05) is 19.6 Å². The van der Waals surface area contributed by atoms with E-state index < -0.39 is 0 Å². The standard InChI is InChI=1S/C10H16N4/c1-9-6-12-4-5-14(9)8-10-7-11-2-3-13-10/h2-3,7,9,12H,4-6,8H2,1H3. The molecule has 0 aliphatic carbocycles. The van der Waals surface area contributed by atoms with Crippen molar-refractivity contribution in [2.45, 2.75) is 19.5 Å². The van der Waals surface area contributed by atoms with Gasteiger partial charge >= 0.3 is 0 Å². The van der Waals surface area contributed by atoms with Gasteiger partial charge in [-0.2, -0.15) is 0 Å². The Hall–Kier alpha value is -1.00. The van der Waals surface area contributed by atoms with Crippen LogP contribution < -0.4 is 5.32 Å². The topological polar surface area (TPSA) is 41.0 Å². The fourth-order valence-corrected chi connectivity index (χ4v) is 1.74. The fraction of sp³-hybridized carbons (Fsp3) is 0.600. The summed E-state index contributed by atoms with van der Waals surface area (Å²) in [5.41, 5.74) is 1.06. The van der Waals surface area contributed by atoms with Crippen molar-refractivity contribution in [1.29, 1.82) is 0 Å². The zero-order valence-corrected chi connectivity index (χ0v) is 8.48. The molecule has 1 fully saturated rings. The maximum absolute atomic E-state index is 4.28. The molecule has 1 aliphatic rings. The minimum absolute atomic E-state index is 0.589. The van der Waals surface area contributed by atoms with Gasteiger partial charge in [0, 0.05) is 50.8 Å². The minimum atomic E-state index is 0.589. The number of hydrogen-bond donors (Lipinski definition) is 1. The van der Waals surface area contributed by atoms with Crippen molar-refractivity contribution in [3.05, 3.63) is 24.3 Å². The lowest BCUT2D eigenvalue weighted by molar-refractivity contribution is 0.163. The fourth-order valence-electron chi connectivity index (χ4n) is 1.74. The van der Waals surface area contributed by atoms with Crippen molar-refractivity contribution in [3.8, 4) is 0 Å². The summed E-state index contributed by atoms with van der Waals surface area (Å²) >= 11 is 0. The largest absolute Gasteiger partial charge is 0.314 e. The van der Waals surface area contributed by atoms with E-state index in [1.807, 2.05) is 6.20 Å². The average Bonchev–Trinajstić information content (AvgIpc) is 2.23. The molecule has 2 rings (SSSR count). The SMILES string of the molecule is CC1CNCCN1Cc1cnccn1. The van der Waals surface area contributed by atoms with E-state index in [2.05, 4.69) is 27.1 Å². The van der Waals surface area contributed by atoms with Crippen LogP contribution in [0, 0.1) is 0 Å². The zero-order valence-electron chi connectivity index (χ0n) is 8.48. The van der Waals surface area contributed by atoms with Crippen molar-refractivity contribution >= 4 is 0 Å². The second-order valence-electron chi connectivity index (χ2n) is 3.72. The van der Waals surface area contributed by atoms with Gasteiger partial charge in [0.15, 0.2) is 0 Å². The lowest BCUT2D eigenvalue weighted by Gasteiger charge is -2.33. The van der Waals surface area contributed by atoms with Crippen molar-refractivity contribution in [1.82, 2.24) is 20.2 Å². The maximum atomic E-state index is 4.28. The molecule has 4 heteroatoms. The summed E-state index contributed by atoms with van der Waals surface area (Å²) in [6.45, 7) is 6.39. The second-order valence-corrected chi connectivity index (χ2v) is 3.72. The molecule has 1 aromatic rings. The summed E-state index contributed by atoms with van der Waals surface area (Å²) in [7, 11) is 0. The third-order valence-corrected chi connectivity index (χ3v) is 2.62. The Kier molecular flexibility index (Phi) is 3.06. The molecule has 1 aliphatic heterocycles. The number of nitrogens with zero attached hydrogens (tertiary/aromatic N) is 3. The molecule has 14 heavy (non-hydrogen) atoms. The number of hydrogen-bond acceptors (Lipinski definition) is 4. The van der Waals surface area contributed by atoms with Gasteiger partial charge in [-0.1, -0.05) is 0 Å². The van der Waals surface area contributed by atoms with Crippen LogP contribution in [-0.4, -0.2) is 40.5 Å². The normalized spacial score (nSPS) is 23.6. The Bertz CT molecular complexity index is 275. The van der Waals surface area contributed by atoms with Crippen LogP contribution in [0.15, 0.2) is 18.6 Å². The first-order chi connectivity index (χ1) is 6.86. The van der Waals surface area contributed by atoms with Crippen molar-refractivity contribution in [3.63, 3.8) is 0 Å². The Labute approximate surface area is 84.4 Å². The van der Waals surface area contributed by atoms with Crippen LogP contribution in [-0.2, 0) is 6.54 Å². The van der Waals surface area contributed by atoms with E-state index in [9.17, 15) is 0 Å². The highest BCUT2D eigenvalue weighted by Crippen LogP contribution is 2.06. The first-order valence-corrected chi connectivity index (χ1v) is 5.06. The van der Waals surface area contributed by atoms with E-state index in [4.69, 9.17) is 0 Å². The minimum Gasteiger partial charge on any atom is -0.314 e. The van der Waals surface area contributed by atoms with Crippen LogP contribution in [0.4, 0.5) is 0 Å². The predicted molar refractivity (Wildman–Crippen MR) is 54.8 cm³/mol. The summed E-state index contributed by atoms with van der Waals surface area (Å²) in [6, 6.07) is 0.589. The molecule has 0 radical (unpaired) electrons. The summed E-state index contributed by atoms with van der Waals surface area (Å²) in [4.78, 5) is 10.8. The Morgan fingerprint density at radius 1 is 1.57 bits per heavy atom. The molecule has 1 unspecified atom stereocenters. The van der Waals surface area contributed by atoms with E-state index in [0.717, 1.165) is 31.9 Å². The third-order valence-electron chi connectivity index (χ3n) is 2.62. The molecule has 0 amide bonds. The van der Waals surface area contributed by atoms with E-state index in [0.29, 0.717) is 6.04 Å². The van der Waals surface area contributed by atoms with Crippen LogP contribution in [0.5, 0.6) is 0 Å². The Balaban J connectivity index is 1.96. The first kappa shape index (κ1) is 9.55. The molecule has 0 spiro atoms. The van der Waals surface area contributed by atoms with Crippen molar-refractivity contribution < 1.29 is 0 Å². The highest BCUT2D eigenvalue weighted by Gasteiger charge is 2.17. The summed E-state index contributed by atoms with van der Waals surface area (Å²) in [5.74, 6) is 0. The van der Waals surface area contributed by atoms with Crippen LogP contribution in [0.25, 0.3) is 0 Å². The molecule has 1 aromatic heterocycles. The summed E-state index contributed by atoms with van der Waals surface area (Å²) in [5, 5.41) is 3.37. The van der Waals surface area contributed by atoms with E-state index in [-0.39, 0.29) is 0 Å². The van der Waals surface area contributed by atoms with Crippen molar-refractivity contribution in [2.24, 2.45) is 0 Å².